The van der Waals surface area contributed by atoms with Crippen LogP contribution in [0.2, 0.25) is 0 Å². The summed E-state index contributed by atoms with van der Waals surface area (Å²) in [4.78, 5) is 20.5. The Labute approximate surface area is 125 Å². The highest BCUT2D eigenvalue weighted by atomic mass is 16.5. The summed E-state index contributed by atoms with van der Waals surface area (Å²) in [6.07, 6.45) is 5.77. The zero-order valence-corrected chi connectivity index (χ0v) is 12.7. The standard InChI is InChI=1S/C16H23N3O2/c1-18(2)16(20)13-9-15-14(5-8-21-15)19(11-13)10-12-3-6-17-7-4-12/h3-4,6-7,13-15H,5,8-11H2,1-2H3/t13-,14+,15+/m0/s1. The van der Waals surface area contributed by atoms with Crippen LogP contribution in [-0.2, 0) is 16.1 Å². The van der Waals surface area contributed by atoms with E-state index in [4.69, 9.17) is 4.74 Å². The molecule has 5 heteroatoms. The summed E-state index contributed by atoms with van der Waals surface area (Å²) in [5.41, 5.74) is 1.24. The van der Waals surface area contributed by atoms with Gasteiger partial charge in [0.2, 0.25) is 5.91 Å². The SMILES string of the molecule is CN(C)C(=O)[C@H]1C[C@H]2OCC[C@H]2N(Cc2ccncc2)C1. The highest BCUT2D eigenvalue weighted by molar-refractivity contribution is 5.78. The zero-order valence-electron chi connectivity index (χ0n) is 12.7. The third-order valence-electron chi connectivity index (χ3n) is 4.54. The van der Waals surface area contributed by atoms with Crippen LogP contribution in [0.3, 0.4) is 0 Å². The van der Waals surface area contributed by atoms with Crippen molar-refractivity contribution in [3.8, 4) is 0 Å². The highest BCUT2D eigenvalue weighted by Gasteiger charge is 2.42. The van der Waals surface area contributed by atoms with Crippen LogP contribution in [-0.4, -0.2) is 60.1 Å². The van der Waals surface area contributed by atoms with Crippen LogP contribution in [0.1, 0.15) is 18.4 Å². The van der Waals surface area contributed by atoms with Crippen molar-refractivity contribution in [1.82, 2.24) is 14.8 Å². The van der Waals surface area contributed by atoms with Crippen LogP contribution in [0.15, 0.2) is 24.5 Å². The Bertz CT molecular complexity index is 492. The number of hydrogen-bond donors (Lipinski definition) is 0. The van der Waals surface area contributed by atoms with Crippen molar-refractivity contribution in [3.05, 3.63) is 30.1 Å². The van der Waals surface area contributed by atoms with E-state index < -0.39 is 0 Å². The molecule has 3 atom stereocenters. The average molecular weight is 289 g/mol. The van der Waals surface area contributed by atoms with Crippen molar-refractivity contribution in [2.75, 3.05) is 27.2 Å². The Morgan fingerprint density at radius 3 is 2.90 bits per heavy atom. The maximum absolute atomic E-state index is 12.3. The summed E-state index contributed by atoms with van der Waals surface area (Å²) in [7, 11) is 3.66. The summed E-state index contributed by atoms with van der Waals surface area (Å²) < 4.78 is 5.86. The monoisotopic (exact) mass is 289 g/mol. The fourth-order valence-corrected chi connectivity index (χ4v) is 3.50. The number of amides is 1. The molecule has 21 heavy (non-hydrogen) atoms. The molecule has 0 saturated carbocycles. The van der Waals surface area contributed by atoms with Crippen LogP contribution in [0.5, 0.6) is 0 Å². The van der Waals surface area contributed by atoms with Crippen LogP contribution in [0.25, 0.3) is 0 Å². The number of pyridine rings is 1. The van der Waals surface area contributed by atoms with Gasteiger partial charge in [-0.05, 0) is 30.5 Å². The largest absolute Gasteiger partial charge is 0.377 e. The molecule has 1 aromatic rings. The molecule has 0 bridgehead atoms. The van der Waals surface area contributed by atoms with Gasteiger partial charge in [0.25, 0.3) is 0 Å². The number of likely N-dealkylation sites (tertiary alicyclic amines) is 1. The van der Waals surface area contributed by atoms with Crippen LogP contribution in [0, 0.1) is 5.92 Å². The lowest BCUT2D eigenvalue weighted by molar-refractivity contribution is -0.137. The summed E-state index contributed by atoms with van der Waals surface area (Å²) >= 11 is 0. The predicted octanol–water partition coefficient (Wildman–Crippen LogP) is 1.15. The molecule has 2 aliphatic rings. The second-order valence-corrected chi connectivity index (χ2v) is 6.22. The molecule has 0 aromatic carbocycles. The molecule has 0 radical (unpaired) electrons. The number of carbonyl (C=O) groups excluding carboxylic acids is 1. The molecule has 0 unspecified atom stereocenters. The first-order valence-electron chi connectivity index (χ1n) is 7.61. The molecule has 0 N–H and O–H groups in total. The average Bonchev–Trinajstić information content (AvgIpc) is 2.96. The lowest BCUT2D eigenvalue weighted by atomic mass is 9.89. The predicted molar refractivity (Wildman–Crippen MR) is 79.6 cm³/mol. The van der Waals surface area contributed by atoms with Gasteiger partial charge in [-0.25, -0.2) is 0 Å². The van der Waals surface area contributed by atoms with E-state index in [0.717, 1.165) is 32.5 Å². The summed E-state index contributed by atoms with van der Waals surface area (Å²) in [5.74, 6) is 0.255. The second kappa shape index (κ2) is 6.12. The number of hydrogen-bond acceptors (Lipinski definition) is 4. The van der Waals surface area contributed by atoms with Crippen LogP contribution < -0.4 is 0 Å². The van der Waals surface area contributed by atoms with E-state index in [-0.39, 0.29) is 17.9 Å². The Morgan fingerprint density at radius 1 is 1.43 bits per heavy atom. The number of nitrogens with zero attached hydrogens (tertiary/aromatic N) is 3. The first-order valence-corrected chi connectivity index (χ1v) is 7.61. The number of piperidine rings is 1. The van der Waals surface area contributed by atoms with Crippen molar-refractivity contribution in [1.29, 1.82) is 0 Å². The molecular formula is C16H23N3O2. The molecule has 1 amide bonds. The van der Waals surface area contributed by atoms with Gasteiger partial charge in [0, 0.05) is 52.2 Å². The lowest BCUT2D eigenvalue weighted by Crippen LogP contribution is -2.52. The summed E-state index contributed by atoms with van der Waals surface area (Å²) in [6, 6.07) is 4.54. The Balaban J connectivity index is 1.75. The minimum Gasteiger partial charge on any atom is -0.377 e. The number of carbonyl (C=O) groups is 1. The first-order chi connectivity index (χ1) is 10.1. The molecule has 3 rings (SSSR count). The van der Waals surface area contributed by atoms with Gasteiger partial charge in [-0.1, -0.05) is 0 Å². The van der Waals surface area contributed by atoms with Crippen molar-refractivity contribution >= 4 is 5.91 Å². The van der Waals surface area contributed by atoms with E-state index in [1.54, 1.807) is 4.90 Å². The molecule has 0 aliphatic carbocycles. The third kappa shape index (κ3) is 3.09. The van der Waals surface area contributed by atoms with Gasteiger partial charge in [-0.2, -0.15) is 0 Å². The van der Waals surface area contributed by atoms with E-state index in [1.807, 2.05) is 38.6 Å². The maximum atomic E-state index is 12.3. The molecule has 5 nitrogen and oxygen atoms in total. The Hall–Kier alpha value is -1.46. The van der Waals surface area contributed by atoms with Gasteiger partial charge in [-0.3, -0.25) is 14.7 Å². The van der Waals surface area contributed by atoms with Crippen LogP contribution in [0.4, 0.5) is 0 Å². The molecule has 2 fully saturated rings. The van der Waals surface area contributed by atoms with Crippen molar-refractivity contribution in [2.24, 2.45) is 5.92 Å². The number of rotatable bonds is 3. The fourth-order valence-electron chi connectivity index (χ4n) is 3.50. The topological polar surface area (TPSA) is 45.7 Å². The minimum atomic E-state index is 0.0428. The molecule has 2 saturated heterocycles. The van der Waals surface area contributed by atoms with E-state index in [0.29, 0.717) is 6.04 Å². The van der Waals surface area contributed by atoms with Gasteiger partial charge < -0.3 is 9.64 Å². The minimum absolute atomic E-state index is 0.0428. The second-order valence-electron chi connectivity index (χ2n) is 6.22. The quantitative estimate of drug-likeness (QED) is 0.837. The van der Waals surface area contributed by atoms with Crippen molar-refractivity contribution in [2.45, 2.75) is 31.5 Å². The normalized spacial score (nSPS) is 29.1. The molecule has 3 heterocycles. The molecule has 1 aromatic heterocycles. The smallest absolute Gasteiger partial charge is 0.226 e. The van der Waals surface area contributed by atoms with Gasteiger partial charge in [0.15, 0.2) is 0 Å². The van der Waals surface area contributed by atoms with Crippen molar-refractivity contribution in [3.63, 3.8) is 0 Å². The maximum Gasteiger partial charge on any atom is 0.226 e. The molecular weight excluding hydrogens is 266 g/mol. The van der Waals surface area contributed by atoms with E-state index in [1.165, 1.54) is 5.56 Å². The van der Waals surface area contributed by atoms with Gasteiger partial charge >= 0.3 is 0 Å². The highest BCUT2D eigenvalue weighted by Crippen LogP contribution is 2.32. The number of ether oxygens (including phenoxy) is 1. The van der Waals surface area contributed by atoms with E-state index in [2.05, 4.69) is 9.88 Å². The molecule has 0 spiro atoms. The molecule has 114 valence electrons. The van der Waals surface area contributed by atoms with E-state index >= 15 is 0 Å². The zero-order chi connectivity index (χ0) is 14.8. The van der Waals surface area contributed by atoms with Crippen molar-refractivity contribution < 1.29 is 9.53 Å². The summed E-state index contributed by atoms with van der Waals surface area (Å²) in [5, 5.41) is 0. The fraction of sp³-hybridized carbons (Fsp3) is 0.625. The lowest BCUT2D eigenvalue weighted by Gasteiger charge is -2.40. The van der Waals surface area contributed by atoms with Crippen LogP contribution >= 0.6 is 0 Å². The third-order valence-corrected chi connectivity index (χ3v) is 4.54. The first kappa shape index (κ1) is 14.5. The van der Waals surface area contributed by atoms with Gasteiger partial charge in [-0.15, -0.1) is 0 Å². The van der Waals surface area contributed by atoms with E-state index in [9.17, 15) is 4.79 Å². The number of fused-ring (bicyclic) bond motifs is 1. The Morgan fingerprint density at radius 2 is 2.19 bits per heavy atom. The Kier molecular flexibility index (Phi) is 4.22. The molecule has 2 aliphatic heterocycles. The van der Waals surface area contributed by atoms with Gasteiger partial charge in [0.05, 0.1) is 12.0 Å². The number of aromatic nitrogens is 1. The van der Waals surface area contributed by atoms with Gasteiger partial charge in [0.1, 0.15) is 0 Å². The summed E-state index contributed by atoms with van der Waals surface area (Å²) in [6.45, 7) is 2.50.